The largest absolute Gasteiger partial charge is 0.528 e. The van der Waals surface area contributed by atoms with Crippen molar-refractivity contribution in [2.24, 2.45) is 0 Å². The van der Waals surface area contributed by atoms with Crippen molar-refractivity contribution < 1.29 is 4.81 Å². The fourth-order valence-electron chi connectivity index (χ4n) is 2.89. The van der Waals surface area contributed by atoms with Gasteiger partial charge in [-0.3, -0.25) is 0 Å². The summed E-state index contributed by atoms with van der Waals surface area (Å²) < 4.78 is 0. The summed E-state index contributed by atoms with van der Waals surface area (Å²) in [6.07, 6.45) is 7.27. The summed E-state index contributed by atoms with van der Waals surface area (Å²) in [6, 6.07) is 0. The van der Waals surface area contributed by atoms with Crippen LogP contribution in [0.4, 0.5) is 0 Å². The second-order valence-electron chi connectivity index (χ2n) is 4.39. The van der Waals surface area contributed by atoms with E-state index in [0.717, 1.165) is 0 Å². The van der Waals surface area contributed by atoms with Gasteiger partial charge in [-0.05, 0) is 6.42 Å². The van der Waals surface area contributed by atoms with E-state index in [2.05, 4.69) is 20.9 Å². The summed E-state index contributed by atoms with van der Waals surface area (Å²) in [6.45, 7) is 6.16. The number of quaternary nitrogens is 1. The number of hydrogen-bond donors (Lipinski definition) is 1. The van der Waals surface area contributed by atoms with E-state index in [1.807, 2.05) is 4.81 Å². The van der Waals surface area contributed by atoms with E-state index in [1.165, 1.54) is 38.3 Å². The smallest absolute Gasteiger partial charge is 0.207 e. The molecule has 0 aliphatic carbocycles. The molecule has 0 aromatic rings. The molecule has 1 aliphatic rings. The summed E-state index contributed by atoms with van der Waals surface area (Å²) in [7, 11) is 2.40. The molecule has 0 aromatic heterocycles. The van der Waals surface area contributed by atoms with Gasteiger partial charge in [0.05, 0.1) is 0 Å². The van der Waals surface area contributed by atoms with Gasteiger partial charge in [0.15, 0.2) is 0 Å². The summed E-state index contributed by atoms with van der Waals surface area (Å²) in [5.41, 5.74) is 0. The van der Waals surface area contributed by atoms with E-state index in [4.69, 9.17) is 0 Å². The first-order chi connectivity index (χ1) is 5.25. The van der Waals surface area contributed by atoms with Crippen LogP contribution in [0, 0.1) is 0 Å². The highest BCUT2D eigenvalue weighted by Crippen LogP contribution is 2.19. The van der Waals surface area contributed by atoms with Gasteiger partial charge >= 0.3 is 0 Å². The molecule has 1 rings (SSSR count). The third-order valence-electron chi connectivity index (χ3n) is 4.19. The lowest BCUT2D eigenvalue weighted by atomic mass is 9.27. The topological polar surface area (TPSA) is 4.44 Å². The zero-order valence-corrected chi connectivity index (χ0v) is 8.32. The minimum atomic E-state index is -0.0174. The first-order valence-electron chi connectivity index (χ1n) is 5.28. The van der Waals surface area contributed by atoms with Gasteiger partial charge in [-0.1, -0.05) is 20.3 Å². The summed E-state index contributed by atoms with van der Waals surface area (Å²) in [4.78, 5) is 1.83. The Labute approximate surface area is 71.1 Å². The van der Waals surface area contributed by atoms with Crippen molar-refractivity contribution in [3.63, 3.8) is 0 Å². The molecule has 1 heterocycles. The molecule has 2 heteroatoms. The van der Waals surface area contributed by atoms with Gasteiger partial charge in [0.25, 0.3) is 0 Å². The molecular formula is C9H22BN. The van der Waals surface area contributed by atoms with Crippen molar-refractivity contribution in [3.8, 4) is 0 Å². The fourth-order valence-corrected chi connectivity index (χ4v) is 2.89. The molecule has 1 saturated heterocycles. The second-order valence-corrected chi connectivity index (χ2v) is 4.39. The summed E-state index contributed by atoms with van der Waals surface area (Å²) in [5, 5.41) is 0. The van der Waals surface area contributed by atoms with E-state index >= 15 is 0 Å². The SMILES string of the molecule is CC[B-]1(CC)CCCC[NH+]1C. The average Bonchev–Trinajstić information content (AvgIpc) is 2.06. The normalized spacial score (nSPS) is 30.3. The predicted molar refractivity (Wildman–Crippen MR) is 52.5 cm³/mol. The van der Waals surface area contributed by atoms with Crippen LogP contribution in [0.25, 0.3) is 0 Å². The van der Waals surface area contributed by atoms with Crippen molar-refractivity contribution in [2.75, 3.05) is 13.6 Å². The van der Waals surface area contributed by atoms with Gasteiger partial charge in [0, 0.05) is 13.6 Å². The number of hydrogen-bond acceptors (Lipinski definition) is 0. The van der Waals surface area contributed by atoms with Crippen molar-refractivity contribution in [1.82, 2.24) is 0 Å². The van der Waals surface area contributed by atoms with Gasteiger partial charge in [0.1, 0.15) is 0 Å². The van der Waals surface area contributed by atoms with E-state index < -0.39 is 0 Å². The van der Waals surface area contributed by atoms with Gasteiger partial charge in [-0.15, -0.1) is 19.0 Å². The van der Waals surface area contributed by atoms with Gasteiger partial charge < -0.3 is 4.81 Å². The molecule has 66 valence electrons. The molecule has 1 fully saturated rings. The summed E-state index contributed by atoms with van der Waals surface area (Å²) >= 11 is 0. The molecule has 0 bridgehead atoms. The quantitative estimate of drug-likeness (QED) is 0.573. The van der Waals surface area contributed by atoms with Crippen molar-refractivity contribution in [3.05, 3.63) is 0 Å². The van der Waals surface area contributed by atoms with Crippen LogP contribution in [0.5, 0.6) is 0 Å². The van der Waals surface area contributed by atoms with E-state index in [-0.39, 0.29) is 6.28 Å². The Morgan fingerprint density at radius 2 is 1.82 bits per heavy atom. The lowest BCUT2D eigenvalue weighted by Gasteiger charge is -2.46. The van der Waals surface area contributed by atoms with Crippen LogP contribution in [0.15, 0.2) is 0 Å². The molecule has 0 amide bonds. The fraction of sp³-hybridized carbons (Fsp3) is 1.00. The molecule has 0 aromatic carbocycles. The Morgan fingerprint density at radius 3 is 2.18 bits per heavy atom. The molecule has 0 saturated carbocycles. The standard InChI is InChI=1S/C9H22BN/c1-4-10(5-2)8-6-7-9-11(10)3/h11H,4-9H2,1-3H3. The van der Waals surface area contributed by atoms with Crippen LogP contribution in [-0.4, -0.2) is 19.9 Å². The molecule has 1 aliphatic heterocycles. The highest BCUT2D eigenvalue weighted by atomic mass is 15.0. The molecule has 0 spiro atoms. The van der Waals surface area contributed by atoms with Gasteiger partial charge in [0.2, 0.25) is 6.28 Å². The Morgan fingerprint density at radius 1 is 1.18 bits per heavy atom. The lowest BCUT2D eigenvalue weighted by molar-refractivity contribution is -0.779. The first-order valence-corrected chi connectivity index (χ1v) is 5.28. The first kappa shape index (κ1) is 9.12. The second kappa shape index (κ2) is 3.62. The Balaban J connectivity index is 2.61. The highest BCUT2D eigenvalue weighted by molar-refractivity contribution is 6.71. The molecule has 0 radical (unpaired) electrons. The Kier molecular flexibility index (Phi) is 3.00. The van der Waals surface area contributed by atoms with Crippen LogP contribution < -0.4 is 4.81 Å². The number of nitrogens with one attached hydrogen (secondary N) is 1. The lowest BCUT2D eigenvalue weighted by Crippen LogP contribution is -3.21. The molecule has 11 heavy (non-hydrogen) atoms. The van der Waals surface area contributed by atoms with Crippen LogP contribution in [0.2, 0.25) is 19.0 Å². The maximum absolute atomic E-state index is 2.40. The van der Waals surface area contributed by atoms with Crippen LogP contribution >= 0.6 is 0 Å². The third kappa shape index (κ3) is 1.61. The zero-order chi connectivity index (χ0) is 8.32. The highest BCUT2D eigenvalue weighted by Gasteiger charge is 2.33. The monoisotopic (exact) mass is 155 g/mol. The van der Waals surface area contributed by atoms with Crippen LogP contribution in [0.1, 0.15) is 26.7 Å². The minimum absolute atomic E-state index is 0.0174. The Hall–Kier alpha value is 0.0249. The molecule has 1 atom stereocenters. The molecular weight excluding hydrogens is 133 g/mol. The third-order valence-corrected chi connectivity index (χ3v) is 4.19. The van der Waals surface area contributed by atoms with E-state index in [9.17, 15) is 0 Å². The van der Waals surface area contributed by atoms with Crippen LogP contribution in [0.3, 0.4) is 0 Å². The zero-order valence-electron chi connectivity index (χ0n) is 8.32. The van der Waals surface area contributed by atoms with E-state index in [1.54, 1.807) is 0 Å². The molecule has 1 unspecified atom stereocenters. The Bertz CT molecular complexity index is 121. The average molecular weight is 155 g/mol. The van der Waals surface area contributed by atoms with Gasteiger partial charge in [-0.25, -0.2) is 0 Å². The van der Waals surface area contributed by atoms with Crippen LogP contribution in [-0.2, 0) is 0 Å². The maximum Gasteiger partial charge on any atom is 0.207 e. The minimum Gasteiger partial charge on any atom is -0.528 e. The van der Waals surface area contributed by atoms with Crippen molar-refractivity contribution >= 4 is 6.28 Å². The predicted octanol–water partition coefficient (Wildman–Crippen LogP) is 1.28. The molecule has 1 N–H and O–H groups in total. The van der Waals surface area contributed by atoms with Crippen molar-refractivity contribution in [1.29, 1.82) is 0 Å². The van der Waals surface area contributed by atoms with E-state index in [0.29, 0.717) is 0 Å². The van der Waals surface area contributed by atoms with Gasteiger partial charge in [-0.2, -0.15) is 0 Å². The molecule has 1 nitrogen and oxygen atoms in total. The number of rotatable bonds is 2. The summed E-state index contributed by atoms with van der Waals surface area (Å²) in [5.74, 6) is 0. The maximum atomic E-state index is 2.40. The van der Waals surface area contributed by atoms with Crippen molar-refractivity contribution in [2.45, 2.75) is 45.6 Å².